The van der Waals surface area contributed by atoms with E-state index < -0.39 is 5.78 Å². The molecule has 2 rings (SSSR count). The molecule has 1 aliphatic carbocycles. The summed E-state index contributed by atoms with van der Waals surface area (Å²) in [7, 11) is 0. The van der Waals surface area contributed by atoms with Crippen LogP contribution >= 0.6 is 0 Å². The summed E-state index contributed by atoms with van der Waals surface area (Å²) >= 11 is 0. The number of nitrogens with two attached hydrogens (primary N) is 1. The highest BCUT2D eigenvalue weighted by molar-refractivity contribution is 6.45. The van der Waals surface area contributed by atoms with E-state index in [1.165, 1.54) is 0 Å². The number of Topliss-reactive ketones (excluding diaryl/α,β-unsaturated/α-hetero) is 2. The van der Waals surface area contributed by atoms with Crippen LogP contribution in [-0.4, -0.2) is 11.6 Å². The summed E-state index contributed by atoms with van der Waals surface area (Å²) < 4.78 is 0. The minimum Gasteiger partial charge on any atom is -0.398 e. The molecule has 3 nitrogen and oxygen atoms in total. The van der Waals surface area contributed by atoms with Crippen molar-refractivity contribution < 1.29 is 9.59 Å². The third kappa shape index (κ3) is 1.13. The van der Waals surface area contributed by atoms with Gasteiger partial charge in [0.05, 0.1) is 0 Å². The summed E-state index contributed by atoms with van der Waals surface area (Å²) in [6.45, 7) is 0. The van der Waals surface area contributed by atoms with Gasteiger partial charge < -0.3 is 5.73 Å². The maximum atomic E-state index is 11.4. The van der Waals surface area contributed by atoms with Gasteiger partial charge in [0.15, 0.2) is 0 Å². The molecule has 0 saturated carbocycles. The van der Waals surface area contributed by atoms with Crippen molar-refractivity contribution in [2.75, 3.05) is 5.73 Å². The van der Waals surface area contributed by atoms with Crippen LogP contribution in [0.5, 0.6) is 0 Å². The van der Waals surface area contributed by atoms with Crippen molar-refractivity contribution in [3.63, 3.8) is 0 Å². The lowest BCUT2D eigenvalue weighted by atomic mass is 9.89. The fourth-order valence-corrected chi connectivity index (χ4v) is 1.60. The first-order valence-corrected chi connectivity index (χ1v) is 4.15. The molecule has 3 heteroatoms. The minimum atomic E-state index is -0.395. The Bertz CT molecular complexity index is 396. The highest BCUT2D eigenvalue weighted by atomic mass is 16.2. The first-order valence-electron chi connectivity index (χ1n) is 4.15. The standard InChI is InChI=1S/C10H9NO2/c11-8-3-1-2-7-6(8)4-5-9(12)10(7)13/h1-3H,4-5,11H2. The summed E-state index contributed by atoms with van der Waals surface area (Å²) in [5.41, 5.74) is 7.60. The van der Waals surface area contributed by atoms with E-state index >= 15 is 0 Å². The predicted octanol–water partition coefficient (Wildman–Crippen LogP) is 0.967. The van der Waals surface area contributed by atoms with E-state index in [1.54, 1.807) is 18.2 Å². The van der Waals surface area contributed by atoms with Crippen LogP contribution < -0.4 is 5.73 Å². The number of rotatable bonds is 0. The molecule has 0 heterocycles. The molecule has 0 fully saturated rings. The Kier molecular flexibility index (Phi) is 1.65. The van der Waals surface area contributed by atoms with E-state index in [1.807, 2.05) is 0 Å². The maximum Gasteiger partial charge on any atom is 0.228 e. The number of nitrogen functional groups attached to an aromatic ring is 1. The van der Waals surface area contributed by atoms with Crippen LogP contribution in [0.15, 0.2) is 18.2 Å². The molecule has 1 aromatic carbocycles. The Morgan fingerprint density at radius 2 is 1.92 bits per heavy atom. The lowest BCUT2D eigenvalue weighted by Crippen LogP contribution is -2.22. The largest absolute Gasteiger partial charge is 0.398 e. The number of hydrogen-bond donors (Lipinski definition) is 1. The van der Waals surface area contributed by atoms with E-state index in [2.05, 4.69) is 0 Å². The summed E-state index contributed by atoms with van der Waals surface area (Å²) in [4.78, 5) is 22.4. The Morgan fingerprint density at radius 1 is 1.15 bits per heavy atom. The molecule has 0 saturated heterocycles. The van der Waals surface area contributed by atoms with Gasteiger partial charge in [-0.15, -0.1) is 0 Å². The third-order valence-corrected chi connectivity index (χ3v) is 2.31. The quantitative estimate of drug-likeness (QED) is 0.472. The van der Waals surface area contributed by atoms with Gasteiger partial charge in [-0.05, 0) is 18.1 Å². The van der Waals surface area contributed by atoms with Gasteiger partial charge in [0.1, 0.15) is 0 Å². The summed E-state index contributed by atoms with van der Waals surface area (Å²) in [6.07, 6.45) is 0.882. The number of hydrogen-bond acceptors (Lipinski definition) is 3. The van der Waals surface area contributed by atoms with Gasteiger partial charge in [-0.25, -0.2) is 0 Å². The lowest BCUT2D eigenvalue weighted by Gasteiger charge is -2.14. The highest BCUT2D eigenvalue weighted by Crippen LogP contribution is 2.24. The first kappa shape index (κ1) is 7.98. The molecule has 0 aliphatic heterocycles. The molecule has 0 atom stereocenters. The first-order chi connectivity index (χ1) is 6.20. The van der Waals surface area contributed by atoms with Gasteiger partial charge in [-0.3, -0.25) is 9.59 Å². The average molecular weight is 175 g/mol. The van der Waals surface area contributed by atoms with Crippen molar-refractivity contribution in [1.82, 2.24) is 0 Å². The molecule has 1 aliphatic rings. The monoisotopic (exact) mass is 175 g/mol. The van der Waals surface area contributed by atoms with E-state index in [-0.39, 0.29) is 5.78 Å². The van der Waals surface area contributed by atoms with Crippen LogP contribution in [0.3, 0.4) is 0 Å². The molecule has 66 valence electrons. The zero-order chi connectivity index (χ0) is 9.42. The zero-order valence-corrected chi connectivity index (χ0v) is 7.04. The van der Waals surface area contributed by atoms with Gasteiger partial charge in [-0.2, -0.15) is 0 Å². The van der Waals surface area contributed by atoms with Crippen molar-refractivity contribution in [1.29, 1.82) is 0 Å². The third-order valence-electron chi connectivity index (χ3n) is 2.31. The Morgan fingerprint density at radius 3 is 2.69 bits per heavy atom. The molecule has 2 N–H and O–H groups in total. The van der Waals surface area contributed by atoms with Gasteiger partial charge in [0, 0.05) is 17.7 Å². The Hall–Kier alpha value is -1.64. The fraction of sp³-hybridized carbons (Fsp3) is 0.200. The summed E-state index contributed by atoms with van der Waals surface area (Å²) in [5, 5.41) is 0. The van der Waals surface area contributed by atoms with Crippen LogP contribution in [0, 0.1) is 0 Å². The lowest BCUT2D eigenvalue weighted by molar-refractivity contribution is -0.115. The predicted molar refractivity (Wildman–Crippen MR) is 48.5 cm³/mol. The molecule has 0 amide bonds. The molecular weight excluding hydrogens is 166 g/mol. The topological polar surface area (TPSA) is 60.2 Å². The highest BCUT2D eigenvalue weighted by Gasteiger charge is 2.25. The number of benzene rings is 1. The minimum absolute atomic E-state index is 0.292. The second-order valence-corrected chi connectivity index (χ2v) is 3.13. The van der Waals surface area contributed by atoms with Gasteiger partial charge in [0.2, 0.25) is 11.6 Å². The zero-order valence-electron chi connectivity index (χ0n) is 7.04. The summed E-state index contributed by atoms with van der Waals surface area (Å²) in [5.74, 6) is -0.702. The van der Waals surface area contributed by atoms with Crippen molar-refractivity contribution in [3.05, 3.63) is 29.3 Å². The van der Waals surface area contributed by atoms with Crippen molar-refractivity contribution in [2.45, 2.75) is 12.8 Å². The number of carbonyl (C=O) groups is 2. The normalized spacial score (nSPS) is 15.7. The fourth-order valence-electron chi connectivity index (χ4n) is 1.60. The molecular formula is C10H9NO2. The number of ketones is 2. The second kappa shape index (κ2) is 2.69. The Balaban J connectivity index is 2.62. The van der Waals surface area contributed by atoms with Gasteiger partial charge in [-0.1, -0.05) is 12.1 Å². The smallest absolute Gasteiger partial charge is 0.228 e. The molecule has 0 aromatic heterocycles. The van der Waals surface area contributed by atoms with Crippen molar-refractivity contribution in [2.24, 2.45) is 0 Å². The SMILES string of the molecule is Nc1cccc2c1CCC(=O)C2=O. The van der Waals surface area contributed by atoms with Crippen molar-refractivity contribution in [3.8, 4) is 0 Å². The molecule has 0 unspecified atom stereocenters. The van der Waals surface area contributed by atoms with E-state index in [0.29, 0.717) is 24.1 Å². The number of anilines is 1. The summed E-state index contributed by atoms with van der Waals surface area (Å²) in [6, 6.07) is 5.11. The molecule has 0 bridgehead atoms. The van der Waals surface area contributed by atoms with Crippen LogP contribution in [-0.2, 0) is 11.2 Å². The van der Waals surface area contributed by atoms with E-state index in [9.17, 15) is 9.59 Å². The van der Waals surface area contributed by atoms with Crippen molar-refractivity contribution >= 4 is 17.3 Å². The molecule has 13 heavy (non-hydrogen) atoms. The van der Waals surface area contributed by atoms with Crippen LogP contribution in [0.25, 0.3) is 0 Å². The average Bonchev–Trinajstić information content (AvgIpc) is 2.12. The van der Waals surface area contributed by atoms with E-state index in [4.69, 9.17) is 5.73 Å². The molecule has 1 aromatic rings. The van der Waals surface area contributed by atoms with Gasteiger partial charge >= 0.3 is 0 Å². The van der Waals surface area contributed by atoms with Gasteiger partial charge in [0.25, 0.3) is 0 Å². The molecule has 0 radical (unpaired) electrons. The maximum absolute atomic E-state index is 11.4. The van der Waals surface area contributed by atoms with Crippen LogP contribution in [0.1, 0.15) is 22.3 Å². The number of fused-ring (bicyclic) bond motifs is 1. The van der Waals surface area contributed by atoms with Crippen LogP contribution in [0.4, 0.5) is 5.69 Å². The Labute approximate surface area is 75.5 Å². The molecule has 0 spiro atoms. The number of carbonyl (C=O) groups excluding carboxylic acids is 2. The second-order valence-electron chi connectivity index (χ2n) is 3.13. The van der Waals surface area contributed by atoms with E-state index in [0.717, 1.165) is 5.56 Å². The van der Waals surface area contributed by atoms with Crippen LogP contribution in [0.2, 0.25) is 0 Å².